The minimum atomic E-state index is -0.0556. The van der Waals surface area contributed by atoms with Gasteiger partial charge in [-0.15, -0.1) is 0 Å². The van der Waals surface area contributed by atoms with Gasteiger partial charge in [0.05, 0.1) is 0 Å². The molecule has 0 aromatic heterocycles. The van der Waals surface area contributed by atoms with Crippen LogP contribution in [0.2, 0.25) is 0 Å². The van der Waals surface area contributed by atoms with Crippen LogP contribution in [0.3, 0.4) is 0 Å². The van der Waals surface area contributed by atoms with E-state index in [0.29, 0.717) is 0 Å². The van der Waals surface area contributed by atoms with Crippen LogP contribution in [-0.2, 0) is 0 Å². The molecule has 0 amide bonds. The third kappa shape index (κ3) is 45.4. The van der Waals surface area contributed by atoms with E-state index in [4.69, 9.17) is 23.2 Å². The average Bonchev–Trinajstić information content (AvgIpc) is 0.811. The van der Waals surface area contributed by atoms with E-state index in [0.717, 1.165) is 0 Å². The number of rotatable bonds is 0. The molecule has 0 heterocycles. The maximum absolute atomic E-state index is 4.77. The predicted molar refractivity (Wildman–Crippen MR) is 26.2 cm³/mol. The molecule has 0 aromatic carbocycles. The van der Waals surface area contributed by atoms with Crippen molar-refractivity contribution in [1.82, 2.24) is 0 Å². The van der Waals surface area contributed by atoms with E-state index in [1.165, 1.54) is 0 Å². The first-order chi connectivity index (χ1) is 1.73. The minimum Gasteiger partial charge on any atom is -0.870 e. The fraction of sp³-hybridized carbons (Fsp3) is 0. The van der Waals surface area contributed by atoms with Crippen LogP contribution in [0.1, 0.15) is 0 Å². The van der Waals surface area contributed by atoms with Crippen LogP contribution in [0.4, 0.5) is 0 Å². The Morgan fingerprint density at radius 2 is 1.33 bits per heavy atom. The molecule has 0 saturated carbocycles. The van der Waals surface area contributed by atoms with Gasteiger partial charge in [-0.1, -0.05) is 35.4 Å². The Kier molecular flexibility index (Phi) is 25.6. The van der Waals surface area contributed by atoms with Gasteiger partial charge in [-0.2, -0.15) is 0 Å². The first-order valence-electron chi connectivity index (χ1n) is 0.582. The maximum Gasteiger partial charge on any atom is 1.00 e. The molecule has 32 valence electrons. The Hall–Kier alpha value is 1.63. The monoisotopic (exact) mass is 154 g/mol. The molecule has 0 fully saturated rings. The topological polar surface area (TPSA) is 30.0 Å². The van der Waals surface area contributed by atoms with Crippen LogP contribution in [0.25, 0.3) is 0 Å². The summed E-state index contributed by atoms with van der Waals surface area (Å²) < 4.78 is -0.0556. The second-order valence-corrected chi connectivity index (χ2v) is 2.03. The summed E-state index contributed by atoms with van der Waals surface area (Å²) in [7, 11) is 0. The zero-order valence-electron chi connectivity index (χ0n) is 3.11. The molecule has 6 heavy (non-hydrogen) atoms. The summed E-state index contributed by atoms with van der Waals surface area (Å²) in [6, 6.07) is 0. The van der Waals surface area contributed by atoms with Crippen LogP contribution in [-0.4, -0.2) is 9.26 Å². The van der Waals surface area contributed by atoms with Crippen molar-refractivity contribution in [2.45, 2.75) is 0 Å². The van der Waals surface area contributed by atoms with Crippen molar-refractivity contribution in [3.63, 3.8) is 0 Å². The Balaban J connectivity index is -0.0000000450. The molecule has 1 nitrogen and oxygen atoms in total. The molecular formula is CHCl2NaOS. The molecule has 0 unspecified atom stereocenters. The molecule has 0 aliphatic rings. The molecule has 0 aliphatic carbocycles. The van der Waals surface area contributed by atoms with Crippen molar-refractivity contribution in [3.05, 3.63) is 0 Å². The van der Waals surface area contributed by atoms with Gasteiger partial charge in [-0.05, 0) is 0 Å². The van der Waals surface area contributed by atoms with Gasteiger partial charge in [0.1, 0.15) is 0 Å². The van der Waals surface area contributed by atoms with Gasteiger partial charge in [0.2, 0.25) is 0 Å². The van der Waals surface area contributed by atoms with Crippen molar-refractivity contribution >= 4 is 39.2 Å². The van der Waals surface area contributed by atoms with Gasteiger partial charge in [-0.25, -0.2) is 0 Å². The smallest absolute Gasteiger partial charge is 0.870 e. The number of hydrogen-bond acceptors (Lipinski definition) is 2. The number of hydrogen-bond donors (Lipinski definition) is 0. The van der Waals surface area contributed by atoms with Crippen molar-refractivity contribution in [2.75, 3.05) is 0 Å². The van der Waals surface area contributed by atoms with E-state index in [9.17, 15) is 0 Å². The molecule has 0 aromatic rings. The molecule has 0 bridgehead atoms. The molecule has 0 aliphatic heterocycles. The Morgan fingerprint density at radius 1 is 1.33 bits per heavy atom. The van der Waals surface area contributed by atoms with Crippen molar-refractivity contribution in [1.29, 1.82) is 0 Å². The summed E-state index contributed by atoms with van der Waals surface area (Å²) >= 11 is 13.6. The first kappa shape index (κ1) is 15.6. The second-order valence-electron chi connectivity index (χ2n) is 0.226. The van der Waals surface area contributed by atoms with E-state index in [2.05, 4.69) is 12.2 Å². The molecule has 0 spiro atoms. The van der Waals surface area contributed by atoms with E-state index >= 15 is 0 Å². The molecule has 0 atom stereocenters. The maximum atomic E-state index is 4.77. The van der Waals surface area contributed by atoms with Crippen molar-refractivity contribution in [2.24, 2.45) is 0 Å². The van der Waals surface area contributed by atoms with Crippen LogP contribution < -0.4 is 29.6 Å². The summed E-state index contributed by atoms with van der Waals surface area (Å²) in [5.74, 6) is 0. The summed E-state index contributed by atoms with van der Waals surface area (Å²) in [5.41, 5.74) is 0. The van der Waals surface area contributed by atoms with Crippen LogP contribution >= 0.6 is 35.4 Å². The summed E-state index contributed by atoms with van der Waals surface area (Å²) in [4.78, 5) is 0. The van der Waals surface area contributed by atoms with E-state index in [1.807, 2.05) is 0 Å². The van der Waals surface area contributed by atoms with Gasteiger partial charge in [0.15, 0.2) is 3.78 Å². The SMILES string of the molecule is S=C(Cl)Cl.[Na+].[OH-]. The Morgan fingerprint density at radius 3 is 1.33 bits per heavy atom. The minimum absolute atomic E-state index is 0. The molecule has 0 radical (unpaired) electrons. The summed E-state index contributed by atoms with van der Waals surface area (Å²) in [6.07, 6.45) is 0. The van der Waals surface area contributed by atoms with Gasteiger partial charge >= 0.3 is 29.6 Å². The summed E-state index contributed by atoms with van der Waals surface area (Å²) in [6.45, 7) is 0. The van der Waals surface area contributed by atoms with Gasteiger partial charge < -0.3 is 5.48 Å². The van der Waals surface area contributed by atoms with Gasteiger partial charge in [0.25, 0.3) is 0 Å². The second kappa shape index (κ2) is 9.80. The zero-order valence-corrected chi connectivity index (χ0v) is 7.44. The van der Waals surface area contributed by atoms with Gasteiger partial charge in [-0.3, -0.25) is 0 Å². The fourth-order valence-corrected chi connectivity index (χ4v) is 0. The fourth-order valence-electron chi connectivity index (χ4n) is 0. The Bertz CT molecular complexity index is 36.5. The molecular weight excluding hydrogens is 154 g/mol. The predicted octanol–water partition coefficient (Wildman–Crippen LogP) is -1.42. The quantitative estimate of drug-likeness (QED) is 0.244. The molecule has 0 rings (SSSR count). The molecule has 0 saturated heterocycles. The average molecular weight is 155 g/mol. The van der Waals surface area contributed by atoms with Crippen molar-refractivity contribution < 1.29 is 35.0 Å². The Labute approximate surface area is 73.6 Å². The van der Waals surface area contributed by atoms with Crippen LogP contribution in [0, 0.1) is 0 Å². The van der Waals surface area contributed by atoms with E-state index in [1.54, 1.807) is 0 Å². The van der Waals surface area contributed by atoms with E-state index < -0.39 is 0 Å². The summed E-state index contributed by atoms with van der Waals surface area (Å²) in [5, 5.41) is 0. The van der Waals surface area contributed by atoms with Gasteiger partial charge in [0, 0.05) is 0 Å². The zero-order chi connectivity index (χ0) is 3.58. The van der Waals surface area contributed by atoms with Crippen LogP contribution in [0.5, 0.6) is 0 Å². The first-order valence-corrected chi connectivity index (χ1v) is 1.75. The normalized spacial score (nSPS) is 4.33. The standard InChI is InChI=1S/CCl2S.Na.H2O/c2-1(3)4;;/h;;1H2/q;+1;/p-1. The largest absolute Gasteiger partial charge is 1.00 e. The van der Waals surface area contributed by atoms with E-state index in [-0.39, 0.29) is 38.8 Å². The third-order valence-electron chi connectivity index (χ3n) is 0. The van der Waals surface area contributed by atoms with Crippen molar-refractivity contribution in [3.8, 4) is 0 Å². The number of halogens is 2. The number of thiocarbonyl (C=S) groups is 1. The third-order valence-corrected chi connectivity index (χ3v) is 0. The molecule has 1 N–H and O–H groups in total. The molecule has 5 heteroatoms. The van der Waals surface area contributed by atoms with Crippen LogP contribution in [0.15, 0.2) is 0 Å².